The molecule has 2 aromatic heterocycles. The molecule has 0 saturated heterocycles. The van der Waals surface area contributed by atoms with Crippen LogP contribution >= 0.6 is 23.1 Å². The smallest absolute Gasteiger partial charge is 0.272 e. The molecular formula is C38H29N5O3S2. The van der Waals surface area contributed by atoms with Crippen molar-refractivity contribution in [3.05, 3.63) is 168 Å². The van der Waals surface area contributed by atoms with Gasteiger partial charge in [-0.2, -0.15) is 0 Å². The molecule has 8 nitrogen and oxygen atoms in total. The SMILES string of the molecule is O=C(Nc1ccc(SC(C(=O)Nc2nc(-c3ccccc3)cs2)c2ccccc2)cc1)/C(=C/c1cccnc1)NC(=O)c1ccccc1. The van der Waals surface area contributed by atoms with Gasteiger partial charge in [0.1, 0.15) is 10.9 Å². The molecule has 6 aromatic rings. The molecule has 48 heavy (non-hydrogen) atoms. The Morgan fingerprint density at radius 3 is 2.12 bits per heavy atom. The van der Waals surface area contributed by atoms with Crippen LogP contribution in [0, 0.1) is 0 Å². The number of rotatable bonds is 11. The van der Waals surface area contributed by atoms with Crippen molar-refractivity contribution in [1.82, 2.24) is 15.3 Å². The number of thioether (sulfide) groups is 1. The number of hydrogen-bond acceptors (Lipinski definition) is 7. The number of nitrogens with one attached hydrogen (secondary N) is 3. The molecule has 3 amide bonds. The van der Waals surface area contributed by atoms with Gasteiger partial charge in [-0.15, -0.1) is 23.1 Å². The molecule has 0 bridgehead atoms. The summed E-state index contributed by atoms with van der Waals surface area (Å²) in [7, 11) is 0. The van der Waals surface area contributed by atoms with E-state index in [2.05, 4.69) is 25.9 Å². The number of hydrogen-bond donors (Lipinski definition) is 3. The summed E-state index contributed by atoms with van der Waals surface area (Å²) in [5, 5.41) is 10.5. The largest absolute Gasteiger partial charge is 0.321 e. The summed E-state index contributed by atoms with van der Waals surface area (Å²) in [6.45, 7) is 0. The van der Waals surface area contributed by atoms with Crippen molar-refractivity contribution in [1.29, 1.82) is 0 Å². The monoisotopic (exact) mass is 667 g/mol. The van der Waals surface area contributed by atoms with E-state index in [1.165, 1.54) is 23.1 Å². The average Bonchev–Trinajstić information content (AvgIpc) is 3.61. The lowest BCUT2D eigenvalue weighted by Gasteiger charge is -2.17. The molecule has 2 heterocycles. The number of nitrogens with zero attached hydrogens (tertiary/aromatic N) is 2. The van der Waals surface area contributed by atoms with Gasteiger partial charge in [0.2, 0.25) is 5.91 Å². The van der Waals surface area contributed by atoms with E-state index in [4.69, 9.17) is 0 Å². The fraction of sp³-hybridized carbons (Fsp3) is 0.0263. The third-order valence-corrected chi connectivity index (χ3v) is 9.06. The van der Waals surface area contributed by atoms with Crippen LogP contribution in [0.1, 0.15) is 26.7 Å². The molecule has 6 rings (SSSR count). The highest BCUT2D eigenvalue weighted by Gasteiger charge is 2.23. The average molecular weight is 668 g/mol. The molecule has 0 aliphatic rings. The van der Waals surface area contributed by atoms with Crippen molar-refractivity contribution in [2.45, 2.75) is 10.1 Å². The predicted octanol–water partition coefficient (Wildman–Crippen LogP) is 8.09. The minimum absolute atomic E-state index is 0.0636. The van der Waals surface area contributed by atoms with Gasteiger partial charge in [-0.3, -0.25) is 19.4 Å². The van der Waals surface area contributed by atoms with E-state index < -0.39 is 17.1 Å². The first-order valence-electron chi connectivity index (χ1n) is 14.9. The molecule has 0 aliphatic heterocycles. The first-order chi connectivity index (χ1) is 23.5. The first kappa shape index (κ1) is 32.1. The molecule has 0 aliphatic carbocycles. The number of carbonyl (C=O) groups excluding carboxylic acids is 3. The van der Waals surface area contributed by atoms with Crippen molar-refractivity contribution in [2.24, 2.45) is 0 Å². The van der Waals surface area contributed by atoms with Crippen molar-refractivity contribution >= 4 is 57.7 Å². The lowest BCUT2D eigenvalue weighted by molar-refractivity contribution is -0.116. The number of carbonyl (C=O) groups is 3. The number of thiazole rings is 1. The Labute approximate surface area is 286 Å². The summed E-state index contributed by atoms with van der Waals surface area (Å²) in [5.41, 5.74) is 4.29. The third kappa shape index (κ3) is 8.49. The topological polar surface area (TPSA) is 113 Å². The van der Waals surface area contributed by atoms with Crippen LogP contribution < -0.4 is 16.0 Å². The van der Waals surface area contributed by atoms with Gasteiger partial charge in [0, 0.05) is 39.5 Å². The minimum atomic E-state index is -0.557. The van der Waals surface area contributed by atoms with Gasteiger partial charge in [-0.05, 0) is 59.7 Å². The van der Waals surface area contributed by atoms with Crippen LogP contribution in [-0.4, -0.2) is 27.7 Å². The molecule has 4 aromatic carbocycles. The molecule has 236 valence electrons. The van der Waals surface area contributed by atoms with Gasteiger partial charge in [0.25, 0.3) is 11.8 Å². The second kappa shape index (κ2) is 15.6. The van der Waals surface area contributed by atoms with Crippen molar-refractivity contribution in [2.75, 3.05) is 10.6 Å². The number of aromatic nitrogens is 2. The zero-order valence-electron chi connectivity index (χ0n) is 25.4. The highest BCUT2D eigenvalue weighted by atomic mass is 32.2. The Kier molecular flexibility index (Phi) is 10.5. The van der Waals surface area contributed by atoms with Crippen LogP contribution in [0.2, 0.25) is 0 Å². The Bertz CT molecular complexity index is 2020. The van der Waals surface area contributed by atoms with Gasteiger partial charge >= 0.3 is 0 Å². The lowest BCUT2D eigenvalue weighted by Crippen LogP contribution is -2.30. The number of pyridine rings is 1. The van der Waals surface area contributed by atoms with E-state index >= 15 is 0 Å². The van der Waals surface area contributed by atoms with Gasteiger partial charge in [-0.25, -0.2) is 4.98 Å². The van der Waals surface area contributed by atoms with Crippen LogP contribution in [-0.2, 0) is 9.59 Å². The lowest BCUT2D eigenvalue weighted by atomic mass is 10.1. The Morgan fingerprint density at radius 2 is 1.44 bits per heavy atom. The van der Waals surface area contributed by atoms with E-state index in [0.717, 1.165) is 21.7 Å². The van der Waals surface area contributed by atoms with Gasteiger partial charge < -0.3 is 16.0 Å². The molecule has 10 heteroatoms. The van der Waals surface area contributed by atoms with Crippen LogP contribution in [0.25, 0.3) is 17.3 Å². The highest BCUT2D eigenvalue weighted by Crippen LogP contribution is 2.37. The Morgan fingerprint density at radius 1 is 0.750 bits per heavy atom. The summed E-state index contributed by atoms with van der Waals surface area (Å²) < 4.78 is 0. The number of benzene rings is 4. The fourth-order valence-electron chi connectivity index (χ4n) is 4.67. The summed E-state index contributed by atoms with van der Waals surface area (Å²) >= 11 is 2.77. The van der Waals surface area contributed by atoms with Gasteiger partial charge in [0.15, 0.2) is 5.13 Å². The maximum atomic E-state index is 13.6. The molecular weight excluding hydrogens is 639 g/mol. The van der Waals surface area contributed by atoms with Crippen molar-refractivity contribution < 1.29 is 14.4 Å². The second-order valence-electron chi connectivity index (χ2n) is 10.4. The zero-order chi connectivity index (χ0) is 33.1. The number of amides is 3. The van der Waals surface area contributed by atoms with Crippen LogP contribution in [0.3, 0.4) is 0 Å². The second-order valence-corrected chi connectivity index (χ2v) is 12.5. The van der Waals surface area contributed by atoms with Crippen LogP contribution in [0.4, 0.5) is 10.8 Å². The molecule has 1 unspecified atom stereocenters. The summed E-state index contributed by atoms with van der Waals surface area (Å²) in [5.74, 6) is -1.10. The van der Waals surface area contributed by atoms with Gasteiger partial charge in [-0.1, -0.05) is 84.9 Å². The van der Waals surface area contributed by atoms with Crippen LogP contribution in [0.5, 0.6) is 0 Å². The maximum Gasteiger partial charge on any atom is 0.272 e. The molecule has 0 saturated carbocycles. The predicted molar refractivity (Wildman–Crippen MR) is 192 cm³/mol. The quantitative estimate of drug-likeness (QED) is 0.0951. The number of anilines is 2. The van der Waals surface area contributed by atoms with Crippen LogP contribution in [0.15, 0.2) is 156 Å². The molecule has 0 radical (unpaired) electrons. The minimum Gasteiger partial charge on any atom is -0.321 e. The summed E-state index contributed by atoms with van der Waals surface area (Å²) in [4.78, 5) is 49.5. The fourth-order valence-corrected chi connectivity index (χ4v) is 6.41. The van der Waals surface area contributed by atoms with E-state index in [9.17, 15) is 14.4 Å². The van der Waals surface area contributed by atoms with E-state index in [1.54, 1.807) is 67.0 Å². The van der Waals surface area contributed by atoms with E-state index in [-0.39, 0.29) is 11.6 Å². The normalized spacial score (nSPS) is 11.7. The van der Waals surface area contributed by atoms with Crippen molar-refractivity contribution in [3.8, 4) is 11.3 Å². The molecule has 0 spiro atoms. The van der Waals surface area contributed by atoms with Gasteiger partial charge in [0.05, 0.1) is 5.69 Å². The van der Waals surface area contributed by atoms with Crippen molar-refractivity contribution in [3.63, 3.8) is 0 Å². The maximum absolute atomic E-state index is 13.6. The standard InChI is InChI=1S/C38H29N5O3S2/c44-35(29-16-8-3-9-17-29)41-32(23-26-11-10-22-39-24-26)36(45)40-30-18-20-31(21-19-30)48-34(28-14-6-2-7-15-28)37(46)43-38-42-33(25-47-38)27-12-4-1-5-13-27/h1-25,34H,(H,40,45)(H,41,44)(H,42,43,46)/b32-23-. The summed E-state index contributed by atoms with van der Waals surface area (Å²) in [6.07, 6.45) is 4.80. The molecule has 0 fully saturated rings. The first-order valence-corrected chi connectivity index (χ1v) is 16.7. The Balaban J connectivity index is 1.16. The van der Waals surface area contributed by atoms with E-state index in [0.29, 0.717) is 21.9 Å². The molecule has 3 N–H and O–H groups in total. The van der Waals surface area contributed by atoms with E-state index in [1.807, 2.05) is 84.2 Å². The third-order valence-electron chi connectivity index (χ3n) is 7.03. The Hall–Kier alpha value is -5.84. The zero-order valence-corrected chi connectivity index (χ0v) is 27.1. The summed E-state index contributed by atoms with van der Waals surface area (Å²) in [6, 6.07) is 38.8. The highest BCUT2D eigenvalue weighted by molar-refractivity contribution is 8.00. The molecule has 1 atom stereocenters.